The highest BCUT2D eigenvalue weighted by Gasteiger charge is 2.21. The molecule has 0 spiro atoms. The van der Waals surface area contributed by atoms with Gasteiger partial charge in [-0.25, -0.2) is 0 Å². The number of nitrogens with zero attached hydrogens (tertiary/aromatic N) is 2. The van der Waals surface area contributed by atoms with Gasteiger partial charge in [0.15, 0.2) is 11.5 Å². The van der Waals surface area contributed by atoms with Crippen molar-refractivity contribution in [2.75, 3.05) is 41.6 Å². The summed E-state index contributed by atoms with van der Waals surface area (Å²) in [7, 11) is 6.66. The molecule has 1 aliphatic rings. The average Bonchev–Trinajstić information content (AvgIpc) is 2.89. The normalized spacial score (nSPS) is 13.7. The van der Waals surface area contributed by atoms with Gasteiger partial charge in [0.05, 0.1) is 39.2 Å². The summed E-state index contributed by atoms with van der Waals surface area (Å²) in [5.41, 5.74) is 5.28. The summed E-state index contributed by atoms with van der Waals surface area (Å²) in [6, 6.07) is 18.3. The van der Waals surface area contributed by atoms with E-state index < -0.39 is 0 Å². The van der Waals surface area contributed by atoms with Crippen molar-refractivity contribution in [3.8, 4) is 28.5 Å². The van der Waals surface area contributed by atoms with E-state index in [1.807, 2.05) is 30.3 Å². The van der Waals surface area contributed by atoms with Crippen molar-refractivity contribution in [2.24, 2.45) is 4.99 Å². The van der Waals surface area contributed by atoms with Gasteiger partial charge in [-0.3, -0.25) is 4.99 Å². The first-order valence-corrected chi connectivity index (χ1v) is 11.4. The van der Waals surface area contributed by atoms with Gasteiger partial charge in [-0.2, -0.15) is 0 Å². The number of benzene rings is 2. The van der Waals surface area contributed by atoms with Gasteiger partial charge in [0.25, 0.3) is 0 Å². The Morgan fingerprint density at radius 1 is 0.941 bits per heavy atom. The zero-order chi connectivity index (χ0) is 23.9. The van der Waals surface area contributed by atoms with Gasteiger partial charge in [-0.1, -0.05) is 30.3 Å². The number of rotatable bonds is 10. The molecule has 0 bridgehead atoms. The van der Waals surface area contributed by atoms with Crippen molar-refractivity contribution in [3.63, 3.8) is 0 Å². The van der Waals surface area contributed by atoms with E-state index in [0.29, 0.717) is 25.5 Å². The molecule has 4 rings (SSSR count). The lowest BCUT2D eigenvalue weighted by Gasteiger charge is -2.25. The molecule has 7 nitrogen and oxygen atoms in total. The van der Waals surface area contributed by atoms with Crippen molar-refractivity contribution in [1.82, 2.24) is 4.57 Å². The molecule has 34 heavy (non-hydrogen) atoms. The minimum atomic E-state index is -0.115. The maximum Gasteiger partial charge on any atom is 0.161 e. The molecular weight excluding hydrogens is 432 g/mol. The second kappa shape index (κ2) is 11.2. The maximum absolute atomic E-state index is 6.21. The minimum Gasteiger partial charge on any atom is -0.493 e. The third-order valence-electron chi connectivity index (χ3n) is 6.00. The largest absolute Gasteiger partial charge is 0.493 e. The van der Waals surface area contributed by atoms with E-state index in [0.717, 1.165) is 46.8 Å². The SMILES string of the molecule is COCC(CN=c1cc(OCc2ccccc2)cc2n1CCc1cc(OC)c(OC)cc1-2)OC. The standard InChI is InChI=1S/C27H32N2O5/c1-30-18-22(31-2)16-28-27-14-21(34-17-19-8-6-5-7-9-19)13-24-23-15-26(33-4)25(32-3)12-20(23)10-11-29(24)27/h5-9,12-15,22H,10-11,16-18H2,1-4H3. The summed E-state index contributed by atoms with van der Waals surface area (Å²) >= 11 is 0. The molecule has 2 heterocycles. The third-order valence-corrected chi connectivity index (χ3v) is 6.00. The molecule has 1 atom stereocenters. The fraction of sp³-hybridized carbons (Fsp3) is 0.370. The van der Waals surface area contributed by atoms with Gasteiger partial charge >= 0.3 is 0 Å². The summed E-state index contributed by atoms with van der Waals surface area (Å²) < 4.78 is 30.3. The summed E-state index contributed by atoms with van der Waals surface area (Å²) in [6.45, 7) is 2.26. The van der Waals surface area contributed by atoms with E-state index in [9.17, 15) is 0 Å². The average molecular weight is 465 g/mol. The van der Waals surface area contributed by atoms with Crippen LogP contribution in [0, 0.1) is 0 Å². The minimum absolute atomic E-state index is 0.115. The number of aromatic nitrogens is 1. The number of hydrogen-bond donors (Lipinski definition) is 0. The molecule has 0 saturated carbocycles. The molecule has 0 saturated heterocycles. The second-order valence-electron chi connectivity index (χ2n) is 8.13. The lowest BCUT2D eigenvalue weighted by atomic mass is 9.96. The predicted octanol–water partition coefficient (Wildman–Crippen LogP) is 3.87. The van der Waals surface area contributed by atoms with Crippen molar-refractivity contribution < 1.29 is 23.7 Å². The molecule has 0 amide bonds. The Labute approximate surface area is 200 Å². The first kappa shape index (κ1) is 23.9. The van der Waals surface area contributed by atoms with E-state index in [2.05, 4.69) is 28.8 Å². The van der Waals surface area contributed by atoms with Crippen molar-refractivity contribution in [2.45, 2.75) is 25.7 Å². The van der Waals surface area contributed by atoms with Crippen LogP contribution in [-0.4, -0.2) is 52.3 Å². The number of fused-ring (bicyclic) bond motifs is 3. The molecule has 0 fully saturated rings. The lowest BCUT2D eigenvalue weighted by Crippen LogP contribution is -2.29. The van der Waals surface area contributed by atoms with Gasteiger partial charge in [0.1, 0.15) is 17.8 Å². The quantitative estimate of drug-likeness (QED) is 0.456. The fourth-order valence-electron chi connectivity index (χ4n) is 4.17. The van der Waals surface area contributed by atoms with Crippen LogP contribution in [0.15, 0.2) is 59.6 Å². The summed E-state index contributed by atoms with van der Waals surface area (Å²) in [6.07, 6.45) is 0.752. The van der Waals surface area contributed by atoms with Gasteiger partial charge in [0, 0.05) is 38.5 Å². The molecule has 3 aromatic rings. The van der Waals surface area contributed by atoms with Crippen LogP contribution < -0.4 is 19.7 Å². The van der Waals surface area contributed by atoms with E-state index in [4.69, 9.17) is 28.7 Å². The molecule has 2 aromatic carbocycles. The van der Waals surface area contributed by atoms with Crippen LogP contribution in [0.2, 0.25) is 0 Å². The molecule has 0 N–H and O–H groups in total. The topological polar surface area (TPSA) is 63.4 Å². The number of ether oxygens (including phenoxy) is 5. The summed E-state index contributed by atoms with van der Waals surface area (Å²) in [4.78, 5) is 4.90. The Hall–Kier alpha value is -3.29. The second-order valence-corrected chi connectivity index (χ2v) is 8.13. The molecule has 1 aromatic heterocycles. The van der Waals surface area contributed by atoms with Crippen LogP contribution in [0.25, 0.3) is 11.3 Å². The summed E-state index contributed by atoms with van der Waals surface area (Å²) in [5.74, 6) is 2.19. The van der Waals surface area contributed by atoms with E-state index in [-0.39, 0.29) is 6.10 Å². The zero-order valence-electron chi connectivity index (χ0n) is 20.2. The maximum atomic E-state index is 6.21. The van der Waals surface area contributed by atoms with E-state index in [1.54, 1.807) is 28.4 Å². The monoisotopic (exact) mass is 464 g/mol. The number of methoxy groups -OCH3 is 4. The zero-order valence-corrected chi connectivity index (χ0v) is 20.2. The Morgan fingerprint density at radius 2 is 1.71 bits per heavy atom. The molecule has 1 aliphatic heterocycles. The highest BCUT2D eigenvalue weighted by molar-refractivity contribution is 5.71. The van der Waals surface area contributed by atoms with Gasteiger partial charge in [-0.15, -0.1) is 0 Å². The molecular formula is C27H32N2O5. The van der Waals surface area contributed by atoms with Crippen LogP contribution in [0.3, 0.4) is 0 Å². The molecule has 1 unspecified atom stereocenters. The Morgan fingerprint density at radius 3 is 2.41 bits per heavy atom. The van der Waals surface area contributed by atoms with E-state index in [1.165, 1.54) is 5.56 Å². The molecule has 0 radical (unpaired) electrons. The number of aryl methyl sites for hydroxylation is 1. The molecule has 0 aliphatic carbocycles. The predicted molar refractivity (Wildman–Crippen MR) is 131 cm³/mol. The van der Waals surface area contributed by atoms with Crippen LogP contribution >= 0.6 is 0 Å². The Bertz CT molecular complexity index is 1170. The molecule has 180 valence electrons. The van der Waals surface area contributed by atoms with Crippen molar-refractivity contribution in [3.05, 3.63) is 71.2 Å². The highest BCUT2D eigenvalue weighted by atomic mass is 16.5. The highest BCUT2D eigenvalue weighted by Crippen LogP contribution is 2.38. The van der Waals surface area contributed by atoms with Crippen molar-refractivity contribution >= 4 is 0 Å². The van der Waals surface area contributed by atoms with Crippen LogP contribution in [-0.2, 0) is 29.0 Å². The fourth-order valence-corrected chi connectivity index (χ4v) is 4.17. The van der Waals surface area contributed by atoms with Crippen LogP contribution in [0.4, 0.5) is 0 Å². The Balaban J connectivity index is 1.78. The van der Waals surface area contributed by atoms with Gasteiger partial charge in [-0.05, 0) is 29.7 Å². The third kappa shape index (κ3) is 5.26. The smallest absolute Gasteiger partial charge is 0.161 e. The number of pyridine rings is 1. The van der Waals surface area contributed by atoms with E-state index >= 15 is 0 Å². The van der Waals surface area contributed by atoms with Gasteiger partial charge in [0.2, 0.25) is 0 Å². The molecule has 7 heteroatoms. The van der Waals surface area contributed by atoms with Crippen LogP contribution in [0.5, 0.6) is 17.2 Å². The van der Waals surface area contributed by atoms with Gasteiger partial charge < -0.3 is 28.3 Å². The van der Waals surface area contributed by atoms with Crippen molar-refractivity contribution in [1.29, 1.82) is 0 Å². The number of hydrogen-bond acceptors (Lipinski definition) is 6. The summed E-state index contributed by atoms with van der Waals surface area (Å²) in [5, 5.41) is 0. The lowest BCUT2D eigenvalue weighted by molar-refractivity contribution is 0.0338. The Kier molecular flexibility index (Phi) is 7.87. The first-order valence-electron chi connectivity index (χ1n) is 11.4. The first-order chi connectivity index (χ1) is 16.7. The van der Waals surface area contributed by atoms with Crippen LogP contribution in [0.1, 0.15) is 11.1 Å².